The van der Waals surface area contributed by atoms with Gasteiger partial charge in [0.05, 0.1) is 5.69 Å². The van der Waals surface area contributed by atoms with Crippen molar-refractivity contribution in [2.45, 2.75) is 20.3 Å². The SMILES string of the molecule is CCc1c[nH]c(C)c(O)c1=O. The average Bonchev–Trinajstić information content (AvgIpc) is 2.01. The van der Waals surface area contributed by atoms with E-state index in [4.69, 9.17) is 0 Å². The molecule has 0 aliphatic heterocycles. The van der Waals surface area contributed by atoms with Crippen LogP contribution in [-0.4, -0.2) is 10.1 Å². The van der Waals surface area contributed by atoms with Crippen molar-refractivity contribution >= 4 is 0 Å². The third-order valence-corrected chi connectivity index (χ3v) is 1.71. The van der Waals surface area contributed by atoms with Crippen molar-refractivity contribution in [3.8, 4) is 5.75 Å². The van der Waals surface area contributed by atoms with Gasteiger partial charge in [-0.1, -0.05) is 6.92 Å². The molecule has 0 bridgehead atoms. The molecule has 0 radical (unpaired) electrons. The maximum atomic E-state index is 11.2. The van der Waals surface area contributed by atoms with Crippen LogP contribution in [0.2, 0.25) is 0 Å². The van der Waals surface area contributed by atoms with E-state index in [0.29, 0.717) is 17.7 Å². The Morgan fingerprint density at radius 3 is 2.82 bits per heavy atom. The highest BCUT2D eigenvalue weighted by molar-refractivity contribution is 5.29. The molecule has 1 rings (SSSR count). The van der Waals surface area contributed by atoms with E-state index in [1.165, 1.54) is 0 Å². The van der Waals surface area contributed by atoms with Crippen molar-refractivity contribution in [1.29, 1.82) is 0 Å². The summed E-state index contributed by atoms with van der Waals surface area (Å²) >= 11 is 0. The second-order valence-corrected chi connectivity index (χ2v) is 2.47. The van der Waals surface area contributed by atoms with Gasteiger partial charge in [-0.05, 0) is 13.3 Å². The summed E-state index contributed by atoms with van der Waals surface area (Å²) in [6.45, 7) is 3.54. The lowest BCUT2D eigenvalue weighted by Crippen LogP contribution is -2.09. The molecule has 0 unspecified atom stereocenters. The number of aromatic nitrogens is 1. The molecule has 0 aliphatic rings. The van der Waals surface area contributed by atoms with Crippen LogP contribution in [0.3, 0.4) is 0 Å². The van der Waals surface area contributed by atoms with Crippen molar-refractivity contribution in [2.24, 2.45) is 0 Å². The Hall–Kier alpha value is -1.25. The van der Waals surface area contributed by atoms with Crippen LogP contribution in [0.15, 0.2) is 11.0 Å². The van der Waals surface area contributed by atoms with Crippen molar-refractivity contribution < 1.29 is 5.11 Å². The molecule has 60 valence electrons. The first-order valence-electron chi connectivity index (χ1n) is 3.57. The molecule has 3 nitrogen and oxygen atoms in total. The van der Waals surface area contributed by atoms with E-state index < -0.39 is 0 Å². The van der Waals surface area contributed by atoms with E-state index in [0.717, 1.165) is 0 Å². The average molecular weight is 153 g/mol. The summed E-state index contributed by atoms with van der Waals surface area (Å²) < 4.78 is 0. The van der Waals surface area contributed by atoms with Crippen LogP contribution in [0.25, 0.3) is 0 Å². The van der Waals surface area contributed by atoms with Crippen LogP contribution < -0.4 is 5.43 Å². The summed E-state index contributed by atoms with van der Waals surface area (Å²) in [4.78, 5) is 14.0. The monoisotopic (exact) mass is 153 g/mol. The number of hydrogen-bond acceptors (Lipinski definition) is 2. The minimum Gasteiger partial charge on any atom is -0.503 e. The van der Waals surface area contributed by atoms with Gasteiger partial charge in [-0.3, -0.25) is 4.79 Å². The van der Waals surface area contributed by atoms with E-state index in [1.807, 2.05) is 6.92 Å². The Bertz CT molecular complexity index is 314. The number of H-pyrrole nitrogens is 1. The molecule has 0 saturated heterocycles. The van der Waals surface area contributed by atoms with Gasteiger partial charge in [0.15, 0.2) is 5.75 Å². The quantitative estimate of drug-likeness (QED) is 0.631. The normalized spacial score (nSPS) is 10.0. The number of aromatic amines is 1. The van der Waals surface area contributed by atoms with Crippen molar-refractivity contribution in [3.63, 3.8) is 0 Å². The maximum Gasteiger partial charge on any atom is 0.226 e. The Morgan fingerprint density at radius 2 is 2.27 bits per heavy atom. The molecule has 2 N–H and O–H groups in total. The zero-order valence-electron chi connectivity index (χ0n) is 6.64. The molecule has 0 fully saturated rings. The van der Waals surface area contributed by atoms with Gasteiger partial charge in [-0.25, -0.2) is 0 Å². The van der Waals surface area contributed by atoms with E-state index in [9.17, 15) is 9.90 Å². The largest absolute Gasteiger partial charge is 0.503 e. The summed E-state index contributed by atoms with van der Waals surface area (Å²) in [5, 5.41) is 9.17. The molecule has 0 spiro atoms. The van der Waals surface area contributed by atoms with Gasteiger partial charge in [0.1, 0.15) is 0 Å². The lowest BCUT2D eigenvalue weighted by molar-refractivity contribution is 0.461. The number of rotatable bonds is 1. The topological polar surface area (TPSA) is 53.1 Å². The zero-order chi connectivity index (χ0) is 8.43. The van der Waals surface area contributed by atoms with Crippen molar-refractivity contribution in [3.05, 3.63) is 27.7 Å². The third kappa shape index (κ3) is 1.27. The third-order valence-electron chi connectivity index (χ3n) is 1.71. The van der Waals surface area contributed by atoms with Crippen molar-refractivity contribution in [1.82, 2.24) is 4.98 Å². The fourth-order valence-corrected chi connectivity index (χ4v) is 0.914. The summed E-state index contributed by atoms with van der Waals surface area (Å²) in [5.74, 6) is -0.163. The predicted octanol–water partition coefficient (Wildman–Crippen LogP) is 0.951. The first-order chi connectivity index (χ1) is 5.16. The van der Waals surface area contributed by atoms with E-state index in [2.05, 4.69) is 4.98 Å². The predicted molar refractivity (Wildman–Crippen MR) is 42.8 cm³/mol. The fourth-order valence-electron chi connectivity index (χ4n) is 0.914. The Labute approximate surface area is 64.7 Å². The maximum absolute atomic E-state index is 11.2. The highest BCUT2D eigenvalue weighted by atomic mass is 16.3. The van der Waals surface area contributed by atoms with Gasteiger partial charge >= 0.3 is 0 Å². The van der Waals surface area contributed by atoms with Gasteiger partial charge in [0.25, 0.3) is 0 Å². The lowest BCUT2D eigenvalue weighted by atomic mass is 10.2. The molecule has 1 heterocycles. The second-order valence-electron chi connectivity index (χ2n) is 2.47. The number of aryl methyl sites for hydroxylation is 2. The molecule has 3 heteroatoms. The van der Waals surface area contributed by atoms with Gasteiger partial charge in [0.2, 0.25) is 5.43 Å². The van der Waals surface area contributed by atoms with Crippen LogP contribution in [-0.2, 0) is 6.42 Å². The molecule has 1 aromatic rings. The zero-order valence-corrected chi connectivity index (χ0v) is 6.64. The molecule has 0 aliphatic carbocycles. The van der Waals surface area contributed by atoms with Crippen LogP contribution in [0.1, 0.15) is 18.2 Å². The minimum absolute atomic E-state index is 0.163. The highest BCUT2D eigenvalue weighted by Crippen LogP contribution is 2.06. The minimum atomic E-state index is -0.260. The van der Waals surface area contributed by atoms with Crippen LogP contribution >= 0.6 is 0 Å². The second kappa shape index (κ2) is 2.78. The van der Waals surface area contributed by atoms with Crippen LogP contribution in [0.4, 0.5) is 0 Å². The first-order valence-corrected chi connectivity index (χ1v) is 3.57. The van der Waals surface area contributed by atoms with Gasteiger partial charge in [-0.2, -0.15) is 0 Å². The van der Waals surface area contributed by atoms with Gasteiger partial charge in [0, 0.05) is 11.8 Å². The van der Waals surface area contributed by atoms with Gasteiger partial charge in [-0.15, -0.1) is 0 Å². The van der Waals surface area contributed by atoms with E-state index in [-0.39, 0.29) is 11.2 Å². The molecular formula is C8H11NO2. The van der Waals surface area contributed by atoms with Crippen LogP contribution in [0, 0.1) is 6.92 Å². The molecule has 1 aromatic heterocycles. The summed E-state index contributed by atoms with van der Waals surface area (Å²) in [5.41, 5.74) is 0.879. The van der Waals surface area contributed by atoms with E-state index in [1.54, 1.807) is 13.1 Å². The first kappa shape index (κ1) is 7.85. The summed E-state index contributed by atoms with van der Waals surface area (Å²) in [7, 11) is 0. The van der Waals surface area contributed by atoms with Gasteiger partial charge < -0.3 is 10.1 Å². The molecule has 0 atom stereocenters. The number of pyridine rings is 1. The Balaban J connectivity index is 3.37. The smallest absolute Gasteiger partial charge is 0.226 e. The number of hydrogen-bond donors (Lipinski definition) is 2. The van der Waals surface area contributed by atoms with Crippen LogP contribution in [0.5, 0.6) is 5.75 Å². The lowest BCUT2D eigenvalue weighted by Gasteiger charge is -1.99. The molecular weight excluding hydrogens is 142 g/mol. The Kier molecular flexibility index (Phi) is 1.98. The highest BCUT2D eigenvalue weighted by Gasteiger charge is 2.04. The molecule has 0 amide bonds. The molecule has 0 saturated carbocycles. The summed E-state index contributed by atoms with van der Waals surface area (Å²) in [6, 6.07) is 0. The molecule has 11 heavy (non-hydrogen) atoms. The number of nitrogens with one attached hydrogen (secondary N) is 1. The Morgan fingerprint density at radius 1 is 1.64 bits per heavy atom. The molecule has 0 aromatic carbocycles. The standard InChI is InChI=1S/C8H11NO2/c1-3-6-4-9-5(2)7(10)8(6)11/h4,10H,3H2,1-2H3,(H,9,11). The summed E-state index contributed by atoms with van der Waals surface area (Å²) in [6.07, 6.45) is 2.28. The van der Waals surface area contributed by atoms with E-state index >= 15 is 0 Å². The van der Waals surface area contributed by atoms with Crippen molar-refractivity contribution in [2.75, 3.05) is 0 Å². The number of aromatic hydroxyl groups is 1. The fraction of sp³-hybridized carbons (Fsp3) is 0.375.